The van der Waals surface area contributed by atoms with Crippen molar-refractivity contribution in [1.29, 1.82) is 0 Å². The zero-order valence-electron chi connectivity index (χ0n) is 5.71. The van der Waals surface area contributed by atoms with Crippen molar-refractivity contribution < 1.29 is 15.0 Å². The van der Waals surface area contributed by atoms with Gasteiger partial charge in [-0.3, -0.25) is 4.79 Å². The van der Waals surface area contributed by atoms with Gasteiger partial charge in [-0.15, -0.1) is 0 Å². The fraction of sp³-hybridized carbons (Fsp3) is 0. The number of phenols is 2. The van der Waals surface area contributed by atoms with Gasteiger partial charge in [-0.1, -0.05) is 0 Å². The first-order chi connectivity index (χ1) is 5.57. The highest BCUT2D eigenvalue weighted by Crippen LogP contribution is 2.34. The highest BCUT2D eigenvalue weighted by molar-refractivity contribution is 14.1. The Hall–Kier alpha value is -0.0500. The molecule has 3 nitrogen and oxygen atoms in total. The highest BCUT2D eigenvalue weighted by Gasteiger charge is 2.12. The van der Waals surface area contributed by atoms with Gasteiger partial charge in [-0.25, -0.2) is 0 Å². The first-order valence-electron chi connectivity index (χ1n) is 2.93. The molecule has 0 aliphatic rings. The molecule has 5 heteroatoms. The molecular weight excluding hydrogens is 386 g/mol. The van der Waals surface area contributed by atoms with Crippen molar-refractivity contribution in [3.8, 4) is 11.5 Å². The molecule has 0 spiro atoms. The highest BCUT2D eigenvalue weighted by atomic mass is 127. The Balaban J connectivity index is 3.49. The molecule has 0 fully saturated rings. The van der Waals surface area contributed by atoms with Crippen molar-refractivity contribution in [2.45, 2.75) is 0 Å². The minimum absolute atomic E-state index is 0.0132. The molecule has 1 rings (SSSR count). The molecule has 0 unspecified atom stereocenters. The normalized spacial score (nSPS) is 9.83. The van der Waals surface area contributed by atoms with Gasteiger partial charge in [-0.05, 0) is 51.2 Å². The molecule has 0 bridgehead atoms. The number of halogens is 2. The minimum atomic E-state index is -0.163. The van der Waals surface area contributed by atoms with Gasteiger partial charge in [0, 0.05) is 0 Å². The second-order valence-electron chi connectivity index (χ2n) is 2.08. The van der Waals surface area contributed by atoms with Crippen molar-refractivity contribution in [1.82, 2.24) is 0 Å². The zero-order valence-corrected chi connectivity index (χ0v) is 10.0. The van der Waals surface area contributed by atoms with Gasteiger partial charge in [0.25, 0.3) is 0 Å². The molecule has 12 heavy (non-hydrogen) atoms. The van der Waals surface area contributed by atoms with Gasteiger partial charge in [-0.2, -0.15) is 0 Å². The Morgan fingerprint density at radius 1 is 1.25 bits per heavy atom. The van der Waals surface area contributed by atoms with Crippen molar-refractivity contribution >= 4 is 51.5 Å². The summed E-state index contributed by atoms with van der Waals surface area (Å²) in [6.07, 6.45) is 0.555. The number of aldehydes is 1. The third-order valence-electron chi connectivity index (χ3n) is 1.32. The second-order valence-corrected chi connectivity index (χ2v) is 4.32. The third-order valence-corrected chi connectivity index (χ3v) is 3.17. The molecule has 0 aromatic heterocycles. The lowest BCUT2D eigenvalue weighted by molar-refractivity contribution is 0.112. The Bertz CT molecular complexity index is 336. The molecule has 1 aromatic carbocycles. The average molecular weight is 390 g/mol. The van der Waals surface area contributed by atoms with Gasteiger partial charge in [0.1, 0.15) is 11.5 Å². The molecule has 0 aliphatic heterocycles. The van der Waals surface area contributed by atoms with Crippen LogP contribution in [0.1, 0.15) is 10.4 Å². The zero-order chi connectivity index (χ0) is 9.30. The molecule has 0 amide bonds. The fourth-order valence-electron chi connectivity index (χ4n) is 0.707. The van der Waals surface area contributed by atoms with Crippen LogP contribution in [0.5, 0.6) is 11.5 Å². The first-order valence-corrected chi connectivity index (χ1v) is 5.08. The molecule has 64 valence electrons. The van der Waals surface area contributed by atoms with Crippen LogP contribution in [0.15, 0.2) is 6.07 Å². The van der Waals surface area contributed by atoms with E-state index in [1.807, 2.05) is 22.6 Å². The number of aromatic hydroxyl groups is 2. The summed E-state index contributed by atoms with van der Waals surface area (Å²) in [7, 11) is 0. The van der Waals surface area contributed by atoms with Gasteiger partial charge >= 0.3 is 0 Å². The Labute approximate surface area is 96.1 Å². The van der Waals surface area contributed by atoms with E-state index in [-0.39, 0.29) is 17.1 Å². The van der Waals surface area contributed by atoms with Crippen LogP contribution in [0.3, 0.4) is 0 Å². The number of rotatable bonds is 1. The average Bonchev–Trinajstić information content (AvgIpc) is 2.08. The summed E-state index contributed by atoms with van der Waals surface area (Å²) in [4.78, 5) is 10.4. The van der Waals surface area contributed by atoms with E-state index in [1.165, 1.54) is 6.07 Å². The van der Waals surface area contributed by atoms with Crippen LogP contribution in [0.2, 0.25) is 0 Å². The van der Waals surface area contributed by atoms with Gasteiger partial charge in [0.2, 0.25) is 0 Å². The van der Waals surface area contributed by atoms with Crippen molar-refractivity contribution in [3.05, 3.63) is 18.8 Å². The van der Waals surface area contributed by atoms with E-state index < -0.39 is 0 Å². The number of carbonyl (C=O) groups is 1. The van der Waals surface area contributed by atoms with Crippen molar-refractivity contribution in [3.63, 3.8) is 0 Å². The number of phenolic OH excluding ortho intramolecular Hbond substituents is 2. The van der Waals surface area contributed by atoms with Gasteiger partial charge in [0.05, 0.1) is 12.7 Å². The van der Waals surface area contributed by atoms with Crippen LogP contribution in [-0.2, 0) is 0 Å². The number of benzene rings is 1. The smallest absolute Gasteiger partial charge is 0.153 e. The summed E-state index contributed by atoms with van der Waals surface area (Å²) < 4.78 is 0.860. The summed E-state index contributed by atoms with van der Waals surface area (Å²) in [5.74, 6) is -0.150. The summed E-state index contributed by atoms with van der Waals surface area (Å²) in [5.41, 5.74) is 0.196. The molecule has 0 atom stereocenters. The summed E-state index contributed by atoms with van der Waals surface area (Å²) in [6, 6.07) is 1.43. The maximum absolute atomic E-state index is 10.4. The number of hydrogen-bond donors (Lipinski definition) is 2. The maximum Gasteiger partial charge on any atom is 0.153 e. The Morgan fingerprint density at radius 2 is 1.83 bits per heavy atom. The van der Waals surface area contributed by atoms with Crippen LogP contribution in [-0.4, -0.2) is 16.5 Å². The standard InChI is InChI=1S/C7H4I2O3/c8-4-1-3(2-10)6(11)5(9)7(4)12/h1-2,11-12H. The SMILES string of the molecule is O=Cc1cc(I)c(O)c(I)c1O. The van der Waals surface area contributed by atoms with E-state index in [0.717, 1.165) is 0 Å². The third kappa shape index (κ3) is 1.65. The molecular formula is C7H4I2O3. The fourth-order valence-corrected chi connectivity index (χ4v) is 2.43. The monoisotopic (exact) mass is 390 g/mol. The summed E-state index contributed by atoms with van der Waals surface area (Å²) in [6.45, 7) is 0. The van der Waals surface area contributed by atoms with E-state index in [2.05, 4.69) is 0 Å². The van der Waals surface area contributed by atoms with Crippen LogP contribution >= 0.6 is 45.2 Å². The molecule has 2 N–H and O–H groups in total. The van der Waals surface area contributed by atoms with Gasteiger partial charge < -0.3 is 10.2 Å². The predicted octanol–water partition coefficient (Wildman–Crippen LogP) is 2.12. The number of carbonyl (C=O) groups excluding carboxylic acids is 1. The second kappa shape index (κ2) is 3.77. The van der Waals surface area contributed by atoms with Crippen LogP contribution < -0.4 is 0 Å². The van der Waals surface area contributed by atoms with Crippen LogP contribution in [0.4, 0.5) is 0 Å². The minimum Gasteiger partial charge on any atom is -0.506 e. The molecule has 0 saturated heterocycles. The van der Waals surface area contributed by atoms with E-state index >= 15 is 0 Å². The quantitative estimate of drug-likeness (QED) is 0.571. The van der Waals surface area contributed by atoms with Crippen molar-refractivity contribution in [2.24, 2.45) is 0 Å². The lowest BCUT2D eigenvalue weighted by atomic mass is 10.2. The largest absolute Gasteiger partial charge is 0.506 e. The summed E-state index contributed by atoms with van der Waals surface area (Å²) >= 11 is 3.67. The maximum atomic E-state index is 10.4. The Kier molecular flexibility index (Phi) is 3.16. The summed E-state index contributed by atoms with van der Waals surface area (Å²) in [5, 5.41) is 18.6. The van der Waals surface area contributed by atoms with E-state index in [4.69, 9.17) is 0 Å². The molecule has 0 saturated carbocycles. The van der Waals surface area contributed by atoms with Crippen LogP contribution in [0.25, 0.3) is 0 Å². The lowest BCUT2D eigenvalue weighted by Crippen LogP contribution is -1.88. The number of hydrogen-bond acceptors (Lipinski definition) is 3. The first kappa shape index (κ1) is 10.0. The van der Waals surface area contributed by atoms with Crippen LogP contribution in [0, 0.1) is 7.14 Å². The van der Waals surface area contributed by atoms with Crippen molar-refractivity contribution in [2.75, 3.05) is 0 Å². The molecule has 0 heterocycles. The van der Waals surface area contributed by atoms with Gasteiger partial charge in [0.15, 0.2) is 6.29 Å². The molecule has 0 aliphatic carbocycles. The Morgan fingerprint density at radius 3 is 2.33 bits per heavy atom. The van der Waals surface area contributed by atoms with E-state index in [1.54, 1.807) is 22.6 Å². The van der Waals surface area contributed by atoms with E-state index in [9.17, 15) is 15.0 Å². The van der Waals surface area contributed by atoms with E-state index in [0.29, 0.717) is 13.4 Å². The predicted molar refractivity (Wildman–Crippen MR) is 60.6 cm³/mol. The topological polar surface area (TPSA) is 57.5 Å². The molecule has 1 aromatic rings. The lowest BCUT2D eigenvalue weighted by Gasteiger charge is -2.04. The molecule has 0 radical (unpaired) electrons.